The van der Waals surface area contributed by atoms with E-state index in [1.54, 1.807) is 18.2 Å². The fourth-order valence-electron chi connectivity index (χ4n) is 3.26. The van der Waals surface area contributed by atoms with Gasteiger partial charge >= 0.3 is 0 Å². The summed E-state index contributed by atoms with van der Waals surface area (Å²) in [6.07, 6.45) is 0. The molecule has 1 unspecified atom stereocenters. The molecule has 1 aliphatic rings. The Morgan fingerprint density at radius 3 is 2.57 bits per heavy atom. The van der Waals surface area contributed by atoms with Crippen LogP contribution in [0.1, 0.15) is 32.3 Å². The third kappa shape index (κ3) is 2.11. The van der Waals surface area contributed by atoms with Crippen molar-refractivity contribution in [2.75, 3.05) is 17.3 Å². The highest BCUT2D eigenvalue weighted by Gasteiger charge is 2.36. The number of phenols is 2. The quantitative estimate of drug-likeness (QED) is 0.776. The topological polar surface area (TPSA) is 43.7 Å². The van der Waals surface area contributed by atoms with Crippen molar-refractivity contribution in [3.05, 3.63) is 29.8 Å². The smallest absolute Gasteiger partial charge is 0.125 e. The molecule has 0 spiro atoms. The summed E-state index contributed by atoms with van der Waals surface area (Å²) in [6.45, 7) is 7.22. The molecule has 0 saturated heterocycles. The minimum Gasteiger partial charge on any atom is -0.507 e. The molecule has 2 aromatic carbocycles. The highest BCUT2D eigenvalue weighted by atomic mass is 35.5. The van der Waals surface area contributed by atoms with Gasteiger partial charge in [-0.2, -0.15) is 0 Å². The molecule has 0 saturated carbocycles. The summed E-state index contributed by atoms with van der Waals surface area (Å²) < 4.78 is 0. The molecule has 0 aromatic heterocycles. The Balaban J connectivity index is 2.37. The fourth-order valence-corrected chi connectivity index (χ4v) is 3.51. The van der Waals surface area contributed by atoms with Crippen molar-refractivity contribution >= 4 is 28.1 Å². The van der Waals surface area contributed by atoms with Gasteiger partial charge in [-0.05, 0) is 32.4 Å². The molecule has 3 nitrogen and oxygen atoms in total. The van der Waals surface area contributed by atoms with Gasteiger partial charge in [0.2, 0.25) is 0 Å². The molecule has 0 bridgehead atoms. The first-order valence-electron chi connectivity index (χ1n) is 7.15. The molecule has 0 radical (unpaired) electrons. The summed E-state index contributed by atoms with van der Waals surface area (Å²) in [4.78, 5) is 2.25. The number of rotatable bonds is 1. The van der Waals surface area contributed by atoms with Crippen LogP contribution in [0, 0.1) is 0 Å². The number of alkyl halides is 1. The zero-order valence-electron chi connectivity index (χ0n) is 12.5. The van der Waals surface area contributed by atoms with Crippen molar-refractivity contribution in [1.82, 2.24) is 0 Å². The summed E-state index contributed by atoms with van der Waals surface area (Å²) in [5.41, 5.74) is 1.95. The summed E-state index contributed by atoms with van der Waals surface area (Å²) >= 11 is 6.17. The van der Waals surface area contributed by atoms with Gasteiger partial charge in [0.05, 0.1) is 0 Å². The van der Waals surface area contributed by atoms with Gasteiger partial charge in [0, 0.05) is 46.4 Å². The molecule has 2 aromatic rings. The largest absolute Gasteiger partial charge is 0.507 e. The van der Waals surface area contributed by atoms with Crippen LogP contribution in [0.25, 0.3) is 10.8 Å². The maximum absolute atomic E-state index is 10.3. The van der Waals surface area contributed by atoms with Crippen molar-refractivity contribution in [1.29, 1.82) is 0 Å². The molecular weight excluding hydrogens is 286 g/mol. The molecule has 1 heterocycles. The fraction of sp³-hybridized carbons (Fsp3) is 0.412. The van der Waals surface area contributed by atoms with Crippen LogP contribution in [0.2, 0.25) is 0 Å². The molecule has 0 amide bonds. The zero-order valence-corrected chi connectivity index (χ0v) is 13.3. The summed E-state index contributed by atoms with van der Waals surface area (Å²) in [6, 6.07) is 7.04. The first-order valence-corrected chi connectivity index (χ1v) is 7.69. The van der Waals surface area contributed by atoms with E-state index in [0.29, 0.717) is 11.3 Å². The lowest BCUT2D eigenvalue weighted by molar-refractivity contribution is 0.474. The van der Waals surface area contributed by atoms with Crippen LogP contribution in [0.5, 0.6) is 11.5 Å². The lowest BCUT2D eigenvalue weighted by Gasteiger charge is -2.35. The standard InChI is InChI=1S/C17H20ClNO2/c1-17(2,3)19-9-10(8-18)15-12(19)7-14(21)11-5-4-6-13(20)16(11)15/h4-7,10,20-21H,8-9H2,1-3H3. The van der Waals surface area contributed by atoms with Crippen molar-refractivity contribution in [3.63, 3.8) is 0 Å². The minimum atomic E-state index is -0.0694. The second-order valence-corrected chi connectivity index (χ2v) is 6.97. The first-order chi connectivity index (χ1) is 9.84. The van der Waals surface area contributed by atoms with Crippen LogP contribution < -0.4 is 4.90 Å². The van der Waals surface area contributed by atoms with E-state index in [2.05, 4.69) is 25.7 Å². The van der Waals surface area contributed by atoms with Gasteiger partial charge in [0.25, 0.3) is 0 Å². The van der Waals surface area contributed by atoms with Crippen LogP contribution in [0.15, 0.2) is 24.3 Å². The Bertz CT molecular complexity index is 706. The lowest BCUT2D eigenvalue weighted by atomic mass is 9.94. The molecule has 2 N–H and O–H groups in total. The van der Waals surface area contributed by atoms with Crippen LogP contribution in [-0.4, -0.2) is 28.2 Å². The number of benzene rings is 2. The SMILES string of the molecule is CC(C)(C)N1CC(CCl)c2c1cc(O)c1cccc(O)c21. The van der Waals surface area contributed by atoms with E-state index in [-0.39, 0.29) is 23.0 Å². The van der Waals surface area contributed by atoms with Gasteiger partial charge in [-0.25, -0.2) is 0 Å². The van der Waals surface area contributed by atoms with Gasteiger partial charge in [-0.3, -0.25) is 0 Å². The summed E-state index contributed by atoms with van der Waals surface area (Å²) in [7, 11) is 0. The van der Waals surface area contributed by atoms with Gasteiger partial charge < -0.3 is 15.1 Å². The molecule has 21 heavy (non-hydrogen) atoms. The monoisotopic (exact) mass is 305 g/mol. The number of phenolic OH excluding ortho intramolecular Hbond substituents is 2. The Morgan fingerprint density at radius 2 is 1.95 bits per heavy atom. The lowest BCUT2D eigenvalue weighted by Crippen LogP contribution is -2.40. The van der Waals surface area contributed by atoms with Crippen LogP contribution in [0.4, 0.5) is 5.69 Å². The van der Waals surface area contributed by atoms with Gasteiger partial charge in [-0.15, -0.1) is 11.6 Å². The predicted octanol–water partition coefficient (Wildman–Crippen LogP) is 4.19. The van der Waals surface area contributed by atoms with E-state index < -0.39 is 0 Å². The maximum Gasteiger partial charge on any atom is 0.125 e. The number of halogens is 1. The minimum absolute atomic E-state index is 0.0694. The second kappa shape index (κ2) is 4.70. The van der Waals surface area contributed by atoms with Gasteiger partial charge in [0.15, 0.2) is 0 Å². The normalized spacial score (nSPS) is 18.3. The molecule has 1 atom stereocenters. The first kappa shape index (κ1) is 14.3. The summed E-state index contributed by atoms with van der Waals surface area (Å²) in [5.74, 6) is 1.04. The Morgan fingerprint density at radius 1 is 1.24 bits per heavy atom. The maximum atomic E-state index is 10.3. The van der Waals surface area contributed by atoms with Crippen molar-refractivity contribution < 1.29 is 10.2 Å². The van der Waals surface area contributed by atoms with Crippen molar-refractivity contribution in [2.24, 2.45) is 0 Å². The summed E-state index contributed by atoms with van der Waals surface area (Å²) in [5, 5.41) is 22.0. The number of hydrogen-bond donors (Lipinski definition) is 2. The number of nitrogens with zero attached hydrogens (tertiary/aromatic N) is 1. The van der Waals surface area contributed by atoms with Gasteiger partial charge in [0.1, 0.15) is 11.5 Å². The molecule has 3 rings (SSSR count). The molecule has 112 valence electrons. The van der Waals surface area contributed by atoms with E-state index in [1.165, 1.54) is 0 Å². The average Bonchev–Trinajstić information content (AvgIpc) is 2.77. The molecule has 0 aliphatic carbocycles. The Kier molecular flexibility index (Phi) is 3.21. The molecule has 0 fully saturated rings. The Hall–Kier alpha value is -1.61. The van der Waals surface area contributed by atoms with Crippen LogP contribution in [0.3, 0.4) is 0 Å². The van der Waals surface area contributed by atoms with E-state index in [1.807, 2.05) is 6.07 Å². The highest BCUT2D eigenvalue weighted by molar-refractivity contribution is 6.19. The van der Waals surface area contributed by atoms with E-state index in [4.69, 9.17) is 11.6 Å². The third-order valence-electron chi connectivity index (χ3n) is 4.24. The second-order valence-electron chi connectivity index (χ2n) is 6.66. The number of anilines is 1. The zero-order chi connectivity index (χ0) is 15.4. The van der Waals surface area contributed by atoms with Crippen molar-refractivity contribution in [3.8, 4) is 11.5 Å². The van der Waals surface area contributed by atoms with Gasteiger partial charge in [-0.1, -0.05) is 12.1 Å². The number of hydrogen-bond acceptors (Lipinski definition) is 3. The van der Waals surface area contributed by atoms with E-state index in [0.717, 1.165) is 23.2 Å². The number of fused-ring (bicyclic) bond motifs is 3. The number of aromatic hydroxyl groups is 2. The third-order valence-corrected chi connectivity index (χ3v) is 4.61. The highest BCUT2D eigenvalue weighted by Crippen LogP contribution is 2.49. The van der Waals surface area contributed by atoms with Crippen LogP contribution >= 0.6 is 11.6 Å². The van der Waals surface area contributed by atoms with Crippen LogP contribution in [-0.2, 0) is 0 Å². The van der Waals surface area contributed by atoms with E-state index >= 15 is 0 Å². The average molecular weight is 306 g/mol. The predicted molar refractivity (Wildman–Crippen MR) is 87.8 cm³/mol. The molecule has 4 heteroatoms. The Labute approximate surface area is 129 Å². The molecular formula is C17H20ClNO2. The van der Waals surface area contributed by atoms with E-state index in [9.17, 15) is 10.2 Å². The molecule has 1 aliphatic heterocycles. The van der Waals surface area contributed by atoms with Crippen molar-refractivity contribution in [2.45, 2.75) is 32.2 Å².